The van der Waals surface area contributed by atoms with E-state index < -0.39 is 0 Å². The number of imidazole rings is 1. The fraction of sp³-hybridized carbons (Fsp3) is 0.0714. The predicted octanol–water partition coefficient (Wildman–Crippen LogP) is 3.99. The molecule has 0 saturated heterocycles. The molecule has 0 aliphatic carbocycles. The van der Waals surface area contributed by atoms with Crippen LogP contribution in [0.15, 0.2) is 48.5 Å². The van der Waals surface area contributed by atoms with Crippen LogP contribution in [-0.4, -0.2) is 9.55 Å². The minimum atomic E-state index is 0.500. The van der Waals surface area contributed by atoms with Crippen molar-refractivity contribution in [2.24, 2.45) is 0 Å². The van der Waals surface area contributed by atoms with Crippen LogP contribution in [0.4, 0.5) is 0 Å². The Morgan fingerprint density at radius 3 is 2.53 bits per heavy atom. The van der Waals surface area contributed by atoms with Crippen molar-refractivity contribution in [2.45, 2.75) is 6.92 Å². The number of hydrogen-bond donors (Lipinski definition) is 0. The fourth-order valence-corrected chi connectivity index (χ4v) is 2.31. The van der Waals surface area contributed by atoms with Crippen LogP contribution in [0.1, 0.15) is 5.56 Å². The number of rotatable bonds is 1. The molecular formula is C14H11ClN2. The van der Waals surface area contributed by atoms with Crippen LogP contribution in [0, 0.1) is 6.92 Å². The van der Waals surface area contributed by atoms with Gasteiger partial charge < -0.3 is 0 Å². The number of halogens is 1. The number of benzene rings is 2. The molecule has 3 heteroatoms. The van der Waals surface area contributed by atoms with E-state index in [4.69, 9.17) is 11.6 Å². The second-order valence-electron chi connectivity index (χ2n) is 3.99. The van der Waals surface area contributed by atoms with Gasteiger partial charge in [-0.1, -0.05) is 30.3 Å². The van der Waals surface area contributed by atoms with Crippen molar-refractivity contribution in [1.29, 1.82) is 0 Å². The Balaban J connectivity index is 2.37. The average molecular weight is 243 g/mol. The summed E-state index contributed by atoms with van der Waals surface area (Å²) in [5.74, 6) is 0. The lowest BCUT2D eigenvalue weighted by molar-refractivity contribution is 1.09. The van der Waals surface area contributed by atoms with Crippen LogP contribution in [0.25, 0.3) is 16.7 Å². The molecule has 3 aromatic rings. The van der Waals surface area contributed by atoms with E-state index in [-0.39, 0.29) is 0 Å². The predicted molar refractivity (Wildman–Crippen MR) is 70.8 cm³/mol. The van der Waals surface area contributed by atoms with Gasteiger partial charge in [-0.3, -0.25) is 4.57 Å². The van der Waals surface area contributed by atoms with Gasteiger partial charge in [-0.15, -0.1) is 0 Å². The molecule has 0 aliphatic heterocycles. The van der Waals surface area contributed by atoms with E-state index >= 15 is 0 Å². The van der Waals surface area contributed by atoms with Crippen LogP contribution >= 0.6 is 11.6 Å². The summed E-state index contributed by atoms with van der Waals surface area (Å²) in [7, 11) is 0. The van der Waals surface area contributed by atoms with E-state index in [1.54, 1.807) is 0 Å². The molecule has 0 N–H and O–H groups in total. The number of aromatic nitrogens is 2. The van der Waals surface area contributed by atoms with Gasteiger partial charge in [-0.2, -0.15) is 0 Å². The minimum absolute atomic E-state index is 0.500. The van der Waals surface area contributed by atoms with Gasteiger partial charge in [0.25, 0.3) is 0 Å². The summed E-state index contributed by atoms with van der Waals surface area (Å²) in [5.41, 5.74) is 4.17. The Morgan fingerprint density at radius 1 is 1.00 bits per heavy atom. The van der Waals surface area contributed by atoms with Crippen molar-refractivity contribution in [1.82, 2.24) is 9.55 Å². The first kappa shape index (κ1) is 10.4. The first-order chi connectivity index (χ1) is 8.27. The zero-order chi connectivity index (χ0) is 11.8. The molecule has 2 nitrogen and oxygen atoms in total. The summed E-state index contributed by atoms with van der Waals surface area (Å²) >= 11 is 6.23. The minimum Gasteiger partial charge on any atom is -0.283 e. The van der Waals surface area contributed by atoms with E-state index in [1.165, 1.54) is 0 Å². The molecule has 17 heavy (non-hydrogen) atoms. The molecule has 0 aliphatic rings. The summed E-state index contributed by atoms with van der Waals surface area (Å²) in [6.07, 6.45) is 0. The zero-order valence-corrected chi connectivity index (χ0v) is 10.1. The maximum atomic E-state index is 6.23. The van der Waals surface area contributed by atoms with Gasteiger partial charge in [-0.05, 0) is 42.3 Å². The first-order valence-corrected chi connectivity index (χ1v) is 5.84. The number of fused-ring (bicyclic) bond motifs is 1. The Labute approximate surface area is 104 Å². The number of hydrogen-bond acceptors (Lipinski definition) is 1. The third kappa shape index (κ3) is 1.61. The van der Waals surface area contributed by atoms with Crippen molar-refractivity contribution < 1.29 is 0 Å². The van der Waals surface area contributed by atoms with Gasteiger partial charge in [0.2, 0.25) is 5.28 Å². The highest BCUT2D eigenvalue weighted by atomic mass is 35.5. The lowest BCUT2D eigenvalue weighted by Gasteiger charge is -2.05. The maximum absolute atomic E-state index is 6.23. The normalized spacial score (nSPS) is 10.9. The van der Waals surface area contributed by atoms with Crippen LogP contribution in [-0.2, 0) is 0 Å². The number of para-hydroxylation sites is 2. The standard InChI is InChI=1S/C14H11ClN2/c1-10-6-5-9-12-13(10)16-14(15)17(12)11-7-3-2-4-8-11/h2-9H,1H3. The van der Waals surface area contributed by atoms with Gasteiger partial charge in [0.15, 0.2) is 0 Å². The van der Waals surface area contributed by atoms with Crippen molar-refractivity contribution in [3.05, 3.63) is 59.4 Å². The van der Waals surface area contributed by atoms with Gasteiger partial charge in [-0.25, -0.2) is 4.98 Å². The summed E-state index contributed by atoms with van der Waals surface area (Å²) in [6, 6.07) is 16.1. The van der Waals surface area contributed by atoms with Crippen molar-refractivity contribution in [2.75, 3.05) is 0 Å². The van der Waals surface area contributed by atoms with Crippen molar-refractivity contribution in [3.8, 4) is 5.69 Å². The fourth-order valence-electron chi connectivity index (χ4n) is 2.03. The third-order valence-corrected chi connectivity index (χ3v) is 3.11. The second-order valence-corrected chi connectivity index (χ2v) is 4.33. The summed E-state index contributed by atoms with van der Waals surface area (Å²) < 4.78 is 1.96. The van der Waals surface area contributed by atoms with Crippen molar-refractivity contribution >= 4 is 22.6 Å². The van der Waals surface area contributed by atoms with E-state index in [1.807, 2.05) is 60.0 Å². The van der Waals surface area contributed by atoms with Crippen LogP contribution in [0.2, 0.25) is 5.28 Å². The Hall–Kier alpha value is -1.80. The van der Waals surface area contributed by atoms with E-state index in [0.717, 1.165) is 22.3 Å². The molecule has 0 bridgehead atoms. The van der Waals surface area contributed by atoms with Crippen LogP contribution in [0.5, 0.6) is 0 Å². The molecule has 0 spiro atoms. The molecule has 1 aromatic heterocycles. The molecule has 3 rings (SSSR count). The SMILES string of the molecule is Cc1cccc2c1nc(Cl)n2-c1ccccc1. The molecule has 0 atom stereocenters. The second kappa shape index (κ2) is 3.90. The van der Waals surface area contributed by atoms with Gasteiger partial charge in [0, 0.05) is 5.69 Å². The molecule has 0 saturated carbocycles. The van der Waals surface area contributed by atoms with Crippen LogP contribution in [0.3, 0.4) is 0 Å². The summed E-state index contributed by atoms with van der Waals surface area (Å²) in [4.78, 5) is 4.42. The quantitative estimate of drug-likeness (QED) is 0.631. The van der Waals surface area contributed by atoms with Gasteiger partial charge in [0.05, 0.1) is 11.0 Å². The summed E-state index contributed by atoms with van der Waals surface area (Å²) in [6.45, 7) is 2.04. The molecule has 0 unspecified atom stereocenters. The highest BCUT2D eigenvalue weighted by molar-refractivity contribution is 6.29. The topological polar surface area (TPSA) is 17.8 Å². The van der Waals surface area contributed by atoms with Crippen molar-refractivity contribution in [3.63, 3.8) is 0 Å². The molecule has 84 valence electrons. The van der Waals surface area contributed by atoms with Gasteiger partial charge >= 0.3 is 0 Å². The first-order valence-electron chi connectivity index (χ1n) is 5.46. The van der Waals surface area contributed by atoms with E-state index in [9.17, 15) is 0 Å². The molecule has 2 aromatic carbocycles. The smallest absolute Gasteiger partial charge is 0.208 e. The van der Waals surface area contributed by atoms with Gasteiger partial charge in [0.1, 0.15) is 0 Å². The monoisotopic (exact) mass is 242 g/mol. The largest absolute Gasteiger partial charge is 0.283 e. The number of aryl methyl sites for hydroxylation is 1. The molecular weight excluding hydrogens is 232 g/mol. The Morgan fingerprint density at radius 2 is 1.76 bits per heavy atom. The van der Waals surface area contributed by atoms with E-state index in [0.29, 0.717) is 5.28 Å². The third-order valence-electron chi connectivity index (χ3n) is 2.86. The highest BCUT2D eigenvalue weighted by Crippen LogP contribution is 2.26. The Bertz CT molecular complexity index is 671. The molecule has 0 amide bonds. The lowest BCUT2D eigenvalue weighted by atomic mass is 10.2. The Kier molecular flexibility index (Phi) is 2.37. The number of nitrogens with zero attached hydrogens (tertiary/aromatic N) is 2. The maximum Gasteiger partial charge on any atom is 0.208 e. The highest BCUT2D eigenvalue weighted by Gasteiger charge is 2.11. The zero-order valence-electron chi connectivity index (χ0n) is 9.39. The van der Waals surface area contributed by atoms with E-state index in [2.05, 4.69) is 4.98 Å². The molecule has 1 heterocycles. The molecule has 0 radical (unpaired) electrons. The lowest BCUT2D eigenvalue weighted by Crippen LogP contribution is -1.93. The molecule has 0 fully saturated rings. The summed E-state index contributed by atoms with van der Waals surface area (Å²) in [5, 5.41) is 0.500. The van der Waals surface area contributed by atoms with Crippen LogP contribution < -0.4 is 0 Å². The average Bonchev–Trinajstić information content (AvgIpc) is 2.68.